The molecule has 79 heavy (non-hydrogen) atoms. The molecular formula is C55H77N7O17. The highest BCUT2D eigenvalue weighted by atomic mass is 16.5. The summed E-state index contributed by atoms with van der Waals surface area (Å²) in [7, 11) is 0. The minimum atomic E-state index is -2.29. The summed E-state index contributed by atoms with van der Waals surface area (Å²) in [6, 6.07) is 3.04. The van der Waals surface area contributed by atoms with E-state index in [9.17, 15) is 79.5 Å². The lowest BCUT2D eigenvalue weighted by Crippen LogP contribution is -2.64. The topological polar surface area (TPSA) is 377 Å². The molecule has 3 aromatic carbocycles. The Bertz CT molecular complexity index is 2610. The van der Waals surface area contributed by atoms with Crippen LogP contribution in [0.4, 0.5) is 0 Å². The summed E-state index contributed by atoms with van der Waals surface area (Å²) in [6.45, 7) is 5.43. The maximum atomic E-state index is 14.5. The maximum absolute atomic E-state index is 14.5. The normalized spacial score (nSPS) is 28.3. The van der Waals surface area contributed by atoms with Gasteiger partial charge in [-0.2, -0.15) is 0 Å². The number of aliphatic hydroxyl groups is 8. The van der Waals surface area contributed by atoms with Crippen molar-refractivity contribution in [3.8, 4) is 11.5 Å². The molecule has 0 aliphatic carbocycles. The molecule has 3 aliphatic heterocycles. The van der Waals surface area contributed by atoms with Crippen LogP contribution >= 0.6 is 0 Å². The lowest BCUT2D eigenvalue weighted by atomic mass is 9.96. The van der Waals surface area contributed by atoms with Crippen molar-refractivity contribution in [1.82, 2.24) is 36.4 Å². The fourth-order valence-corrected chi connectivity index (χ4v) is 10.1. The van der Waals surface area contributed by atoms with E-state index in [0.717, 1.165) is 60.4 Å². The number of benzene rings is 3. The Morgan fingerprint density at radius 1 is 0.671 bits per heavy atom. The molecule has 3 fully saturated rings. The molecule has 0 aromatic heterocycles. The Morgan fingerprint density at radius 3 is 1.90 bits per heavy atom. The van der Waals surface area contributed by atoms with E-state index in [1.165, 1.54) is 63.3 Å². The van der Waals surface area contributed by atoms with Gasteiger partial charge >= 0.3 is 0 Å². The van der Waals surface area contributed by atoms with Crippen molar-refractivity contribution in [1.29, 1.82) is 0 Å². The Morgan fingerprint density at radius 2 is 1.25 bits per heavy atom. The number of aliphatic hydroxyl groups excluding tert-OH is 8. The van der Waals surface area contributed by atoms with E-state index in [1.807, 2.05) is 6.07 Å². The molecular weight excluding hydrogens is 1030 g/mol. The van der Waals surface area contributed by atoms with Gasteiger partial charge in [0.1, 0.15) is 66.1 Å². The second kappa shape index (κ2) is 28.1. The number of rotatable bonds is 17. The average molecular weight is 1110 g/mol. The van der Waals surface area contributed by atoms with E-state index in [1.54, 1.807) is 18.2 Å². The summed E-state index contributed by atoms with van der Waals surface area (Å²) < 4.78 is 6.00. The number of phenolic OH excluding ortho intramolecular Hbond substituents is 1. The van der Waals surface area contributed by atoms with Gasteiger partial charge in [-0.05, 0) is 73.0 Å². The average Bonchev–Trinajstić information content (AvgIpc) is 3.98. The summed E-state index contributed by atoms with van der Waals surface area (Å²) in [5.74, 6) is -8.78. The first kappa shape index (κ1) is 61.7. The Hall–Kier alpha value is -6.51. The summed E-state index contributed by atoms with van der Waals surface area (Å²) in [5, 5.41) is 113. The molecule has 3 heterocycles. The van der Waals surface area contributed by atoms with Gasteiger partial charge in [-0.15, -0.1) is 0 Å². The van der Waals surface area contributed by atoms with Gasteiger partial charge < -0.3 is 87.1 Å². The predicted octanol–water partition coefficient (Wildman–Crippen LogP) is -1.16. The second-order valence-electron chi connectivity index (χ2n) is 21.1. The van der Waals surface area contributed by atoms with Crippen molar-refractivity contribution in [3.05, 3.63) is 71.8 Å². The molecule has 24 heteroatoms. The minimum absolute atomic E-state index is 0.0262. The number of carbonyl (C=O) groups is 7. The van der Waals surface area contributed by atoms with Crippen LogP contribution in [0.1, 0.15) is 114 Å². The molecule has 0 unspecified atom stereocenters. The van der Waals surface area contributed by atoms with Gasteiger partial charge in [0.15, 0.2) is 6.23 Å². The molecule has 0 saturated carbocycles. The van der Waals surface area contributed by atoms with Crippen molar-refractivity contribution in [2.24, 2.45) is 5.92 Å². The summed E-state index contributed by atoms with van der Waals surface area (Å²) in [5.41, 5.74) is -0.0451. The van der Waals surface area contributed by atoms with Gasteiger partial charge in [-0.3, -0.25) is 33.6 Å². The number of nitrogens with one attached hydrogen (secondary N) is 5. The third-order valence-corrected chi connectivity index (χ3v) is 14.8. The minimum Gasteiger partial charge on any atom is -0.508 e. The Labute approximate surface area is 457 Å². The molecule has 3 aliphatic rings. The third-order valence-electron chi connectivity index (χ3n) is 14.8. The number of hydrogen-bond donors (Lipinski definition) is 14. The van der Waals surface area contributed by atoms with E-state index in [0.29, 0.717) is 17.7 Å². The lowest BCUT2D eigenvalue weighted by molar-refractivity contribution is -0.148. The SMILES string of the molecule is CCCCCCCCCCOc1ccc2cc(C(=O)N[C@H]3C[C@@H](O)[C@@H](O)NC(=O)[C@@H]4[C@@H](O)[C@@H](C)CN4C(=O)[C@H]([C@@H](C)O)NC(=O)[C@H]([C@H](O)[C@@H](O)c4ccc(O)cc4)NC(=O)[C@@H]4C[C@@H](O)CN4C(=O)[C@H]([C@@H](C)O)NC3=O)ccc2c1. The number of hydrogen-bond acceptors (Lipinski definition) is 17. The standard InChI is InChI=1S/C55H77N7O17/c1-5-6-7-8-9-10-11-12-21-79-37-20-17-32-22-34(14-13-33(32)23-37)48(71)56-38-25-40(67)51(74)60-53(76)44-45(68)28(2)26-62(44)55(78)42(30(4)64)58-52(75)43(47(70)46(69)31-15-18-35(65)19-16-31)59-50(73)39-24-36(66)27-61(39)54(77)41(29(3)63)57-49(38)72/h13-20,22-23,28-30,36,38-47,51,63-70,74H,5-12,21,24-27H2,1-4H3,(H,56,71)(H,57,72)(H,58,75)(H,59,73)(H,60,76)/t28-,29+,30+,36+,38-,39-,40+,41-,42-,43-,44-,45-,46-,47-,51+/m0/s1. The molecule has 14 N–H and O–H groups in total. The number of unbranched alkanes of at least 4 members (excludes halogenated alkanes) is 7. The van der Waals surface area contributed by atoms with Crippen molar-refractivity contribution in [2.75, 3.05) is 19.7 Å². The van der Waals surface area contributed by atoms with Crippen LogP contribution in [0.15, 0.2) is 60.7 Å². The number of amides is 7. The molecule has 0 bridgehead atoms. The monoisotopic (exact) mass is 1110 g/mol. The first-order chi connectivity index (χ1) is 37.5. The highest BCUT2D eigenvalue weighted by molar-refractivity contribution is 6.02. The van der Waals surface area contributed by atoms with Crippen LogP contribution in [-0.2, 0) is 28.8 Å². The number of fused-ring (bicyclic) bond motifs is 3. The van der Waals surface area contributed by atoms with Crippen molar-refractivity contribution >= 4 is 52.1 Å². The zero-order chi connectivity index (χ0) is 57.8. The zero-order valence-electron chi connectivity index (χ0n) is 44.8. The van der Waals surface area contributed by atoms with Gasteiger partial charge in [0, 0.05) is 37.4 Å². The molecule has 24 nitrogen and oxygen atoms in total. The van der Waals surface area contributed by atoms with Gasteiger partial charge in [0.25, 0.3) is 5.91 Å². The number of phenols is 1. The fraction of sp³-hybridized carbons (Fsp3) is 0.582. The molecule has 3 aromatic rings. The van der Waals surface area contributed by atoms with Crippen molar-refractivity contribution < 1.29 is 84.3 Å². The molecule has 434 valence electrons. The van der Waals surface area contributed by atoms with Gasteiger partial charge in [-0.25, -0.2) is 0 Å². The van der Waals surface area contributed by atoms with E-state index in [-0.39, 0.29) is 23.4 Å². The first-order valence-electron chi connectivity index (χ1n) is 27.0. The number of nitrogens with zero attached hydrogens (tertiary/aromatic N) is 2. The van der Waals surface area contributed by atoms with Gasteiger partial charge in [-0.1, -0.05) is 83.1 Å². The predicted molar refractivity (Wildman–Crippen MR) is 283 cm³/mol. The van der Waals surface area contributed by atoms with Crippen LogP contribution in [0.25, 0.3) is 10.8 Å². The van der Waals surface area contributed by atoms with Gasteiger partial charge in [0.2, 0.25) is 35.4 Å². The van der Waals surface area contributed by atoms with Crippen LogP contribution in [-0.4, -0.2) is 196 Å². The van der Waals surface area contributed by atoms with Crippen LogP contribution in [0.5, 0.6) is 11.5 Å². The quantitative estimate of drug-likeness (QED) is 0.0709. The molecule has 6 rings (SSSR count). The molecule has 0 spiro atoms. The highest BCUT2D eigenvalue weighted by Gasteiger charge is 2.50. The molecule has 0 radical (unpaired) electrons. The fourth-order valence-electron chi connectivity index (χ4n) is 10.1. The number of carbonyl (C=O) groups excluding carboxylic acids is 7. The van der Waals surface area contributed by atoms with E-state index >= 15 is 0 Å². The van der Waals surface area contributed by atoms with E-state index in [4.69, 9.17) is 4.74 Å². The number of ether oxygens (including phenoxy) is 1. The first-order valence-corrected chi connectivity index (χ1v) is 27.0. The summed E-state index contributed by atoms with van der Waals surface area (Å²) >= 11 is 0. The van der Waals surface area contributed by atoms with E-state index < -0.39 is 152 Å². The van der Waals surface area contributed by atoms with Crippen LogP contribution < -0.4 is 31.3 Å². The van der Waals surface area contributed by atoms with Crippen molar-refractivity contribution in [3.63, 3.8) is 0 Å². The summed E-state index contributed by atoms with van der Waals surface area (Å²) in [6.07, 6.45) is -7.55. The van der Waals surface area contributed by atoms with Crippen molar-refractivity contribution in [2.45, 2.75) is 177 Å². The Kier molecular flexibility index (Phi) is 21.9. The maximum Gasteiger partial charge on any atom is 0.251 e. The molecule has 15 atom stereocenters. The van der Waals surface area contributed by atoms with Gasteiger partial charge in [0.05, 0.1) is 31.0 Å². The zero-order valence-corrected chi connectivity index (χ0v) is 44.8. The van der Waals surface area contributed by atoms with Crippen LogP contribution in [0.3, 0.4) is 0 Å². The second-order valence-corrected chi connectivity index (χ2v) is 21.1. The Balaban J connectivity index is 1.31. The number of aromatic hydroxyl groups is 1. The van der Waals surface area contributed by atoms with Crippen LogP contribution in [0, 0.1) is 5.92 Å². The third kappa shape index (κ3) is 15.7. The highest BCUT2D eigenvalue weighted by Crippen LogP contribution is 2.28. The van der Waals surface area contributed by atoms with Crippen LogP contribution in [0.2, 0.25) is 0 Å². The lowest BCUT2D eigenvalue weighted by Gasteiger charge is -2.34. The smallest absolute Gasteiger partial charge is 0.251 e. The van der Waals surface area contributed by atoms with E-state index in [2.05, 4.69) is 33.5 Å². The molecule has 7 amide bonds. The largest absolute Gasteiger partial charge is 0.508 e. The molecule has 3 saturated heterocycles. The summed E-state index contributed by atoms with van der Waals surface area (Å²) in [4.78, 5) is 102.